The highest BCUT2D eigenvalue weighted by Gasteiger charge is 2.34. The fourth-order valence-corrected chi connectivity index (χ4v) is 3.34. The van der Waals surface area contributed by atoms with Crippen LogP contribution in [0.15, 0.2) is 77.8 Å². The lowest BCUT2D eigenvalue weighted by molar-refractivity contribution is -0.111. The number of aryl methyl sites for hydroxylation is 1. The first-order valence-electron chi connectivity index (χ1n) is 7.98. The molecule has 0 atom stereocenters. The van der Waals surface area contributed by atoms with Gasteiger partial charge in [0.25, 0.3) is 5.91 Å². The quantitative estimate of drug-likeness (QED) is 0.607. The van der Waals surface area contributed by atoms with E-state index in [4.69, 9.17) is 11.6 Å². The number of aliphatic imine (C=N–C) groups is 1. The molecule has 0 bridgehead atoms. The van der Waals surface area contributed by atoms with Crippen LogP contribution in [0.4, 0.5) is 17.1 Å². The standard InChI is InChI=1S/C21H15ClN2O/c1-14-11-15(22)13-16(12-14)23-20-18-9-5-6-10-19(18)24(21(20)25)17-7-3-2-4-8-17/h2-13H,1H3. The van der Waals surface area contributed by atoms with Gasteiger partial charge in [-0.15, -0.1) is 0 Å². The van der Waals surface area contributed by atoms with Crippen LogP contribution in [-0.2, 0) is 4.79 Å². The van der Waals surface area contributed by atoms with E-state index in [2.05, 4.69) is 4.99 Å². The molecule has 0 aliphatic carbocycles. The monoisotopic (exact) mass is 346 g/mol. The summed E-state index contributed by atoms with van der Waals surface area (Å²) < 4.78 is 0. The number of hydrogen-bond donors (Lipinski definition) is 0. The highest BCUT2D eigenvalue weighted by Crippen LogP contribution is 2.36. The van der Waals surface area contributed by atoms with Crippen molar-refractivity contribution in [3.05, 3.63) is 88.9 Å². The maximum Gasteiger partial charge on any atom is 0.282 e. The molecule has 122 valence electrons. The Bertz CT molecular complexity index is 976. The van der Waals surface area contributed by atoms with Gasteiger partial charge in [-0.1, -0.05) is 48.0 Å². The van der Waals surface area contributed by atoms with Crippen molar-refractivity contribution >= 4 is 40.3 Å². The van der Waals surface area contributed by atoms with Crippen LogP contribution in [-0.4, -0.2) is 11.6 Å². The highest BCUT2D eigenvalue weighted by molar-refractivity contribution is 6.56. The normalized spacial score (nSPS) is 14.9. The van der Waals surface area contributed by atoms with Gasteiger partial charge >= 0.3 is 0 Å². The van der Waals surface area contributed by atoms with E-state index in [0.29, 0.717) is 16.4 Å². The number of amides is 1. The number of hydrogen-bond acceptors (Lipinski definition) is 2. The van der Waals surface area contributed by atoms with Gasteiger partial charge in [-0.2, -0.15) is 0 Å². The Morgan fingerprint density at radius 2 is 1.64 bits per heavy atom. The molecular weight excluding hydrogens is 332 g/mol. The van der Waals surface area contributed by atoms with Crippen LogP contribution in [0.25, 0.3) is 0 Å². The number of halogens is 1. The number of carbonyl (C=O) groups is 1. The molecule has 0 spiro atoms. The van der Waals surface area contributed by atoms with Crippen molar-refractivity contribution in [2.24, 2.45) is 4.99 Å². The molecule has 3 aromatic rings. The molecule has 1 amide bonds. The number of fused-ring (bicyclic) bond motifs is 1. The second kappa shape index (κ2) is 6.19. The number of rotatable bonds is 2. The van der Waals surface area contributed by atoms with E-state index in [1.165, 1.54) is 0 Å². The smallest absolute Gasteiger partial charge is 0.275 e. The van der Waals surface area contributed by atoms with Gasteiger partial charge in [0.15, 0.2) is 0 Å². The molecule has 0 saturated heterocycles. The molecule has 0 saturated carbocycles. The molecule has 25 heavy (non-hydrogen) atoms. The van der Waals surface area contributed by atoms with Crippen molar-refractivity contribution in [3.63, 3.8) is 0 Å². The molecule has 3 aromatic carbocycles. The van der Waals surface area contributed by atoms with Crippen molar-refractivity contribution in [2.45, 2.75) is 6.92 Å². The summed E-state index contributed by atoms with van der Waals surface area (Å²) in [6.45, 7) is 1.95. The third-order valence-electron chi connectivity index (χ3n) is 4.09. The second-order valence-corrected chi connectivity index (χ2v) is 6.38. The van der Waals surface area contributed by atoms with Crippen LogP contribution < -0.4 is 4.90 Å². The van der Waals surface area contributed by atoms with Gasteiger partial charge in [0, 0.05) is 16.3 Å². The Kier molecular flexibility index (Phi) is 3.86. The summed E-state index contributed by atoms with van der Waals surface area (Å²) in [5.41, 5.74) is 4.61. The molecule has 0 aromatic heterocycles. The number of anilines is 2. The summed E-state index contributed by atoms with van der Waals surface area (Å²) in [4.78, 5) is 19.4. The molecule has 3 nitrogen and oxygen atoms in total. The predicted octanol–water partition coefficient (Wildman–Crippen LogP) is 5.45. The minimum absolute atomic E-state index is 0.134. The van der Waals surface area contributed by atoms with Gasteiger partial charge < -0.3 is 0 Å². The van der Waals surface area contributed by atoms with E-state index in [-0.39, 0.29) is 5.91 Å². The average molecular weight is 347 g/mol. The summed E-state index contributed by atoms with van der Waals surface area (Å²) in [6, 6.07) is 22.9. The molecule has 0 unspecified atom stereocenters. The van der Waals surface area contributed by atoms with E-state index in [0.717, 1.165) is 22.5 Å². The van der Waals surface area contributed by atoms with Crippen LogP contribution >= 0.6 is 11.6 Å². The SMILES string of the molecule is Cc1cc(Cl)cc(N=C2C(=O)N(c3ccccc3)c3ccccc32)c1. The Morgan fingerprint density at radius 1 is 0.920 bits per heavy atom. The number of benzene rings is 3. The van der Waals surface area contributed by atoms with Crippen LogP contribution in [0.2, 0.25) is 5.02 Å². The molecule has 1 aliphatic heterocycles. The van der Waals surface area contributed by atoms with Gasteiger partial charge in [-0.3, -0.25) is 9.69 Å². The van der Waals surface area contributed by atoms with Crippen LogP contribution in [0.5, 0.6) is 0 Å². The van der Waals surface area contributed by atoms with E-state index in [1.807, 2.05) is 73.7 Å². The molecule has 0 N–H and O–H groups in total. The first kappa shape index (κ1) is 15.6. The van der Waals surface area contributed by atoms with Crippen molar-refractivity contribution < 1.29 is 4.79 Å². The Labute approximate surface area is 151 Å². The van der Waals surface area contributed by atoms with Crippen LogP contribution in [0, 0.1) is 6.92 Å². The van der Waals surface area contributed by atoms with Gasteiger partial charge in [-0.25, -0.2) is 4.99 Å². The minimum atomic E-state index is -0.134. The number of carbonyl (C=O) groups excluding carboxylic acids is 1. The predicted molar refractivity (Wildman–Crippen MR) is 102 cm³/mol. The maximum atomic E-state index is 13.1. The van der Waals surface area contributed by atoms with Crippen molar-refractivity contribution in [2.75, 3.05) is 4.90 Å². The topological polar surface area (TPSA) is 32.7 Å². The van der Waals surface area contributed by atoms with E-state index in [1.54, 1.807) is 11.0 Å². The van der Waals surface area contributed by atoms with Crippen LogP contribution in [0.1, 0.15) is 11.1 Å². The summed E-state index contributed by atoms with van der Waals surface area (Å²) in [6.07, 6.45) is 0. The van der Waals surface area contributed by atoms with Crippen molar-refractivity contribution in [1.82, 2.24) is 0 Å². The molecule has 1 aliphatic rings. The van der Waals surface area contributed by atoms with E-state index >= 15 is 0 Å². The first-order valence-corrected chi connectivity index (χ1v) is 8.36. The lowest BCUT2D eigenvalue weighted by Crippen LogP contribution is -2.25. The first-order chi connectivity index (χ1) is 12.1. The summed E-state index contributed by atoms with van der Waals surface area (Å²) in [7, 11) is 0. The fraction of sp³-hybridized carbons (Fsp3) is 0.0476. The zero-order chi connectivity index (χ0) is 17.4. The maximum absolute atomic E-state index is 13.1. The Morgan fingerprint density at radius 3 is 2.40 bits per heavy atom. The van der Waals surface area contributed by atoms with Crippen LogP contribution in [0.3, 0.4) is 0 Å². The zero-order valence-electron chi connectivity index (χ0n) is 13.6. The highest BCUT2D eigenvalue weighted by atomic mass is 35.5. The lowest BCUT2D eigenvalue weighted by atomic mass is 10.1. The largest absolute Gasteiger partial charge is 0.282 e. The Balaban J connectivity index is 1.87. The molecule has 4 rings (SSSR count). The zero-order valence-corrected chi connectivity index (χ0v) is 14.4. The summed E-state index contributed by atoms with van der Waals surface area (Å²) in [5.74, 6) is -0.134. The summed E-state index contributed by atoms with van der Waals surface area (Å²) >= 11 is 6.13. The van der Waals surface area contributed by atoms with E-state index < -0.39 is 0 Å². The molecule has 1 heterocycles. The third kappa shape index (κ3) is 2.83. The van der Waals surface area contributed by atoms with Gasteiger partial charge in [-0.05, 0) is 48.9 Å². The van der Waals surface area contributed by atoms with E-state index in [9.17, 15) is 4.79 Å². The molecule has 0 fully saturated rings. The average Bonchev–Trinajstić information content (AvgIpc) is 2.87. The lowest BCUT2D eigenvalue weighted by Gasteiger charge is -2.16. The van der Waals surface area contributed by atoms with Crippen molar-refractivity contribution in [1.29, 1.82) is 0 Å². The van der Waals surface area contributed by atoms with Gasteiger partial charge in [0.05, 0.1) is 11.4 Å². The molecule has 4 heteroatoms. The van der Waals surface area contributed by atoms with Gasteiger partial charge in [0.2, 0.25) is 0 Å². The minimum Gasteiger partial charge on any atom is -0.275 e. The molecule has 0 radical (unpaired) electrons. The number of nitrogens with zero attached hydrogens (tertiary/aromatic N) is 2. The summed E-state index contributed by atoms with van der Waals surface area (Å²) in [5, 5.41) is 0.609. The molecular formula is C21H15ClN2O. The third-order valence-corrected chi connectivity index (χ3v) is 4.31. The fourth-order valence-electron chi connectivity index (χ4n) is 3.05. The Hall–Kier alpha value is -2.91. The second-order valence-electron chi connectivity index (χ2n) is 5.94. The number of para-hydroxylation sites is 2. The van der Waals surface area contributed by atoms with Gasteiger partial charge in [0.1, 0.15) is 5.71 Å². The van der Waals surface area contributed by atoms with Crippen molar-refractivity contribution in [3.8, 4) is 0 Å².